The monoisotopic (exact) mass is 488 g/mol. The van der Waals surface area contributed by atoms with E-state index in [0.29, 0.717) is 31.4 Å². The summed E-state index contributed by atoms with van der Waals surface area (Å²) in [6, 6.07) is 13.0. The van der Waals surface area contributed by atoms with Crippen LogP contribution in [0.15, 0.2) is 42.5 Å². The van der Waals surface area contributed by atoms with E-state index in [1.165, 1.54) is 5.56 Å². The van der Waals surface area contributed by atoms with Crippen molar-refractivity contribution in [1.82, 2.24) is 20.0 Å². The second-order valence-electron chi connectivity index (χ2n) is 10.1. The largest absolute Gasteiger partial charge is 0.322 e. The number of benzene rings is 2. The van der Waals surface area contributed by atoms with Gasteiger partial charge >= 0.3 is 0 Å². The number of Topliss-reactive ketones (excluding diaryl/α,β-unsaturated/α-hetero) is 1. The molecule has 36 heavy (non-hydrogen) atoms. The van der Waals surface area contributed by atoms with Gasteiger partial charge in [0.25, 0.3) is 5.91 Å². The number of piperazine rings is 1. The van der Waals surface area contributed by atoms with Crippen molar-refractivity contribution in [3.05, 3.63) is 70.3 Å². The quantitative estimate of drug-likeness (QED) is 0.474. The predicted octanol–water partition coefficient (Wildman–Crippen LogP) is 2.01. The van der Waals surface area contributed by atoms with Crippen molar-refractivity contribution in [3.63, 3.8) is 0 Å². The number of imide groups is 1. The van der Waals surface area contributed by atoms with Crippen LogP contribution in [0.1, 0.15) is 56.7 Å². The highest BCUT2D eigenvalue weighted by atomic mass is 16.2. The highest BCUT2D eigenvalue weighted by molar-refractivity contribution is 6.05. The number of carbonyl (C=O) groups is 4. The van der Waals surface area contributed by atoms with Crippen molar-refractivity contribution in [3.8, 4) is 0 Å². The number of likely N-dealkylation sites (N-methyl/N-ethyl adjacent to an activating group) is 1. The first-order valence-corrected chi connectivity index (χ1v) is 12.7. The Hall–Kier alpha value is -3.36. The Morgan fingerprint density at radius 3 is 2.42 bits per heavy atom. The normalized spacial score (nSPS) is 21.0. The molecule has 1 N–H and O–H groups in total. The van der Waals surface area contributed by atoms with E-state index in [2.05, 4.69) is 34.3 Å². The number of hydrogen-bond donors (Lipinski definition) is 1. The lowest BCUT2D eigenvalue weighted by Crippen LogP contribution is -2.52. The fourth-order valence-electron chi connectivity index (χ4n) is 5.25. The molecule has 3 aliphatic rings. The molecule has 0 saturated carbocycles. The minimum absolute atomic E-state index is 0.0999. The molecule has 0 aliphatic carbocycles. The molecule has 1 atom stereocenters. The molecule has 188 valence electrons. The standard InChI is InChI=1S/C28H32N4O4/c1-30-12-14-31(15-13-30)17-20-2-6-21(7-3-20)25(33)10-5-19-4-8-23-22(16-19)18-32(28(23)36)24-9-11-26(34)29-27(24)35/h2-4,6-8,16,24H,5,9-15,17-18H2,1H3,(H,29,34,35). The van der Waals surface area contributed by atoms with Gasteiger partial charge in [0.15, 0.2) is 5.78 Å². The Morgan fingerprint density at radius 1 is 0.972 bits per heavy atom. The van der Waals surface area contributed by atoms with Gasteiger partial charge in [-0.25, -0.2) is 0 Å². The zero-order chi connectivity index (χ0) is 25.2. The molecular weight excluding hydrogens is 456 g/mol. The maximum Gasteiger partial charge on any atom is 0.255 e. The Balaban J connectivity index is 1.16. The number of hydrogen-bond acceptors (Lipinski definition) is 6. The van der Waals surface area contributed by atoms with Crippen molar-refractivity contribution in [2.45, 2.75) is 44.8 Å². The van der Waals surface area contributed by atoms with Gasteiger partial charge in [0.2, 0.25) is 11.8 Å². The molecule has 0 radical (unpaired) electrons. The molecule has 2 fully saturated rings. The van der Waals surface area contributed by atoms with Crippen LogP contribution in [0.5, 0.6) is 0 Å². The number of carbonyl (C=O) groups excluding carboxylic acids is 4. The molecule has 3 aliphatic heterocycles. The number of aryl methyl sites for hydroxylation is 1. The van der Waals surface area contributed by atoms with Crippen LogP contribution in [0, 0.1) is 0 Å². The predicted molar refractivity (Wildman–Crippen MR) is 134 cm³/mol. The second kappa shape index (κ2) is 10.3. The molecular formula is C28H32N4O4. The smallest absolute Gasteiger partial charge is 0.255 e. The molecule has 5 rings (SSSR count). The molecule has 3 amide bonds. The van der Waals surface area contributed by atoms with E-state index < -0.39 is 11.9 Å². The van der Waals surface area contributed by atoms with Crippen molar-refractivity contribution >= 4 is 23.5 Å². The molecule has 8 heteroatoms. The highest BCUT2D eigenvalue weighted by Gasteiger charge is 2.39. The lowest BCUT2D eigenvalue weighted by molar-refractivity contribution is -0.136. The first-order chi connectivity index (χ1) is 17.4. The average Bonchev–Trinajstić information content (AvgIpc) is 3.20. The number of amides is 3. The van der Waals surface area contributed by atoms with Crippen LogP contribution < -0.4 is 5.32 Å². The van der Waals surface area contributed by atoms with Crippen LogP contribution in [-0.2, 0) is 29.1 Å². The molecule has 2 aromatic rings. The SMILES string of the molecule is CN1CCN(Cc2ccc(C(=O)CCc3ccc4c(c3)CN(C3CCC(=O)NC3=O)C4=O)cc2)CC1. The summed E-state index contributed by atoms with van der Waals surface area (Å²) in [5.41, 5.74) is 4.39. The topological polar surface area (TPSA) is 90.0 Å². The molecule has 2 aromatic carbocycles. The van der Waals surface area contributed by atoms with Gasteiger partial charge in [-0.15, -0.1) is 0 Å². The molecule has 1 unspecified atom stereocenters. The molecule has 3 heterocycles. The number of rotatable bonds is 7. The summed E-state index contributed by atoms with van der Waals surface area (Å²) in [5.74, 6) is -0.786. The van der Waals surface area contributed by atoms with Crippen LogP contribution in [0.3, 0.4) is 0 Å². The van der Waals surface area contributed by atoms with Gasteiger partial charge in [-0.3, -0.25) is 29.4 Å². The Labute approximate surface area is 211 Å². The minimum Gasteiger partial charge on any atom is -0.322 e. The van der Waals surface area contributed by atoms with E-state index in [9.17, 15) is 19.2 Å². The number of piperidine rings is 1. The number of nitrogens with one attached hydrogen (secondary N) is 1. The molecule has 8 nitrogen and oxygen atoms in total. The van der Waals surface area contributed by atoms with Gasteiger partial charge in [-0.05, 0) is 42.6 Å². The fraction of sp³-hybridized carbons (Fsp3) is 0.429. The van der Waals surface area contributed by atoms with Gasteiger partial charge < -0.3 is 9.80 Å². The molecule has 2 saturated heterocycles. The van der Waals surface area contributed by atoms with E-state index in [1.54, 1.807) is 11.0 Å². The van der Waals surface area contributed by atoms with Gasteiger partial charge in [0.1, 0.15) is 6.04 Å². The van der Waals surface area contributed by atoms with E-state index in [4.69, 9.17) is 0 Å². The first kappa shape index (κ1) is 24.3. The highest BCUT2D eigenvalue weighted by Crippen LogP contribution is 2.28. The summed E-state index contributed by atoms with van der Waals surface area (Å²) < 4.78 is 0. The van der Waals surface area contributed by atoms with Crippen molar-refractivity contribution in [1.29, 1.82) is 0 Å². The summed E-state index contributed by atoms with van der Waals surface area (Å²) in [5, 5.41) is 2.33. The van der Waals surface area contributed by atoms with E-state index in [0.717, 1.165) is 49.4 Å². The van der Waals surface area contributed by atoms with Crippen molar-refractivity contribution in [2.24, 2.45) is 0 Å². The van der Waals surface area contributed by atoms with E-state index in [1.807, 2.05) is 24.3 Å². The zero-order valence-electron chi connectivity index (χ0n) is 20.7. The van der Waals surface area contributed by atoms with Crippen molar-refractivity contribution < 1.29 is 19.2 Å². The third-order valence-electron chi connectivity index (χ3n) is 7.51. The second-order valence-corrected chi connectivity index (χ2v) is 10.1. The molecule has 0 spiro atoms. The number of nitrogens with zero attached hydrogens (tertiary/aromatic N) is 3. The van der Waals surface area contributed by atoms with Crippen LogP contribution in [0.25, 0.3) is 0 Å². The van der Waals surface area contributed by atoms with Gasteiger partial charge in [0, 0.05) is 63.2 Å². The summed E-state index contributed by atoms with van der Waals surface area (Å²) in [7, 11) is 2.15. The summed E-state index contributed by atoms with van der Waals surface area (Å²) >= 11 is 0. The van der Waals surface area contributed by atoms with Crippen LogP contribution >= 0.6 is 0 Å². The maximum absolute atomic E-state index is 12.9. The van der Waals surface area contributed by atoms with E-state index in [-0.39, 0.29) is 24.0 Å². The molecule has 0 aromatic heterocycles. The number of fused-ring (bicyclic) bond motifs is 1. The van der Waals surface area contributed by atoms with E-state index >= 15 is 0 Å². The Bertz CT molecular complexity index is 1180. The Morgan fingerprint density at radius 2 is 1.69 bits per heavy atom. The summed E-state index contributed by atoms with van der Waals surface area (Å²) in [4.78, 5) is 55.7. The summed E-state index contributed by atoms with van der Waals surface area (Å²) in [6.07, 6.45) is 1.56. The fourth-order valence-corrected chi connectivity index (χ4v) is 5.25. The average molecular weight is 489 g/mol. The third kappa shape index (κ3) is 5.24. The maximum atomic E-state index is 12.9. The van der Waals surface area contributed by atoms with Gasteiger partial charge in [-0.2, -0.15) is 0 Å². The van der Waals surface area contributed by atoms with Crippen LogP contribution in [0.4, 0.5) is 0 Å². The third-order valence-corrected chi connectivity index (χ3v) is 7.51. The van der Waals surface area contributed by atoms with Crippen LogP contribution in [0.2, 0.25) is 0 Å². The Kier molecular flexibility index (Phi) is 6.98. The zero-order valence-corrected chi connectivity index (χ0v) is 20.7. The van der Waals surface area contributed by atoms with Gasteiger partial charge in [-0.1, -0.05) is 36.4 Å². The number of ketones is 1. The van der Waals surface area contributed by atoms with Crippen molar-refractivity contribution in [2.75, 3.05) is 33.2 Å². The lowest BCUT2D eigenvalue weighted by Gasteiger charge is -2.32. The minimum atomic E-state index is -0.619. The molecule has 0 bridgehead atoms. The van der Waals surface area contributed by atoms with Gasteiger partial charge in [0.05, 0.1) is 0 Å². The first-order valence-electron chi connectivity index (χ1n) is 12.7. The summed E-state index contributed by atoms with van der Waals surface area (Å²) in [6.45, 7) is 5.55. The lowest BCUT2D eigenvalue weighted by atomic mass is 9.99. The van der Waals surface area contributed by atoms with Crippen LogP contribution in [-0.4, -0.2) is 77.5 Å².